The molecule has 1 atom stereocenters. The third kappa shape index (κ3) is 10.3. The van der Waals surface area contributed by atoms with Crippen LogP contribution in [0.3, 0.4) is 0 Å². The van der Waals surface area contributed by atoms with Crippen molar-refractivity contribution in [1.82, 2.24) is 16.0 Å². The molecule has 1 aliphatic carbocycles. The number of carbonyl (C=O) groups excluding carboxylic acids is 1. The molecule has 25 heavy (non-hydrogen) atoms. The summed E-state index contributed by atoms with van der Waals surface area (Å²) in [6.07, 6.45) is 7.73. The molecule has 0 aliphatic heterocycles. The summed E-state index contributed by atoms with van der Waals surface area (Å²) >= 11 is 0. The zero-order valence-electron chi connectivity index (χ0n) is 16.3. The van der Waals surface area contributed by atoms with E-state index in [1.807, 2.05) is 6.92 Å². The van der Waals surface area contributed by atoms with E-state index in [9.17, 15) is 9.90 Å². The molecule has 1 fully saturated rings. The van der Waals surface area contributed by atoms with Gasteiger partial charge in [-0.1, -0.05) is 33.1 Å². The quantitative estimate of drug-likeness (QED) is 0.357. The van der Waals surface area contributed by atoms with E-state index in [-0.39, 0.29) is 19.1 Å². The molecular formula is C19H38N4O2. The number of hydrogen-bond acceptors (Lipinski definition) is 3. The lowest BCUT2D eigenvalue weighted by molar-refractivity contribution is -0.120. The van der Waals surface area contributed by atoms with Gasteiger partial charge in [-0.25, -0.2) is 4.99 Å². The minimum Gasteiger partial charge on any atom is -0.396 e. The highest BCUT2D eigenvalue weighted by Gasteiger charge is 2.15. The van der Waals surface area contributed by atoms with Crippen LogP contribution in [-0.4, -0.2) is 49.3 Å². The first kappa shape index (κ1) is 21.7. The van der Waals surface area contributed by atoms with E-state index in [2.05, 4.69) is 34.8 Å². The van der Waals surface area contributed by atoms with E-state index in [0.717, 1.165) is 38.8 Å². The van der Waals surface area contributed by atoms with Gasteiger partial charge in [0.25, 0.3) is 0 Å². The second kappa shape index (κ2) is 13.0. The first-order valence-corrected chi connectivity index (χ1v) is 9.97. The first-order valence-electron chi connectivity index (χ1n) is 9.97. The second-order valence-electron chi connectivity index (χ2n) is 7.49. The summed E-state index contributed by atoms with van der Waals surface area (Å²) in [6.45, 7) is 8.27. The van der Waals surface area contributed by atoms with Gasteiger partial charge in [-0.2, -0.15) is 0 Å². The minimum absolute atomic E-state index is 0.00167. The van der Waals surface area contributed by atoms with E-state index in [0.29, 0.717) is 23.8 Å². The van der Waals surface area contributed by atoms with Crippen LogP contribution in [-0.2, 0) is 4.79 Å². The summed E-state index contributed by atoms with van der Waals surface area (Å²) in [5, 5.41) is 18.8. The van der Waals surface area contributed by atoms with E-state index in [1.165, 1.54) is 19.3 Å². The maximum absolute atomic E-state index is 12.1. The van der Waals surface area contributed by atoms with Crippen molar-refractivity contribution in [1.29, 1.82) is 0 Å². The summed E-state index contributed by atoms with van der Waals surface area (Å²) in [4.78, 5) is 16.5. The molecule has 6 heteroatoms. The molecule has 0 aromatic rings. The lowest BCUT2D eigenvalue weighted by atomic mass is 9.94. The standard InChI is InChI=1S/C19H38N4O2/c1-4-20-19(21-13-16(10-11-24)12-15(2)3)22-14-18(25)23-17-8-6-5-7-9-17/h15-17,24H,4-14H2,1-3H3,(H,23,25)(H2,20,21,22). The monoisotopic (exact) mass is 354 g/mol. The SMILES string of the molecule is CCNC(=NCC(=O)NC1CCCCC1)NCC(CCO)CC(C)C. The molecule has 1 saturated carbocycles. The van der Waals surface area contributed by atoms with Crippen molar-refractivity contribution in [2.24, 2.45) is 16.8 Å². The predicted octanol–water partition coefficient (Wildman–Crippen LogP) is 2.04. The largest absolute Gasteiger partial charge is 0.396 e. The van der Waals surface area contributed by atoms with Gasteiger partial charge >= 0.3 is 0 Å². The fourth-order valence-corrected chi connectivity index (χ4v) is 3.41. The van der Waals surface area contributed by atoms with Gasteiger partial charge < -0.3 is 21.1 Å². The zero-order valence-corrected chi connectivity index (χ0v) is 16.3. The lowest BCUT2D eigenvalue weighted by Gasteiger charge is -2.22. The molecule has 0 bridgehead atoms. The summed E-state index contributed by atoms with van der Waals surface area (Å²) in [6, 6.07) is 0.326. The number of nitrogens with one attached hydrogen (secondary N) is 3. The van der Waals surface area contributed by atoms with Crippen molar-refractivity contribution >= 4 is 11.9 Å². The third-order valence-electron chi connectivity index (χ3n) is 4.60. The van der Waals surface area contributed by atoms with Gasteiger partial charge in [0.2, 0.25) is 5.91 Å². The van der Waals surface area contributed by atoms with Crippen molar-refractivity contribution < 1.29 is 9.90 Å². The van der Waals surface area contributed by atoms with Gasteiger partial charge in [0, 0.05) is 25.7 Å². The van der Waals surface area contributed by atoms with Gasteiger partial charge in [-0.05, 0) is 44.4 Å². The van der Waals surface area contributed by atoms with Gasteiger partial charge in [0.15, 0.2) is 5.96 Å². The number of aliphatic hydroxyl groups is 1. The topological polar surface area (TPSA) is 85.8 Å². The molecule has 0 aromatic carbocycles. The fraction of sp³-hybridized carbons (Fsp3) is 0.895. The van der Waals surface area contributed by atoms with E-state index >= 15 is 0 Å². The van der Waals surface area contributed by atoms with Crippen molar-refractivity contribution in [3.8, 4) is 0 Å². The highest BCUT2D eigenvalue weighted by atomic mass is 16.3. The van der Waals surface area contributed by atoms with Crippen LogP contribution in [0.5, 0.6) is 0 Å². The molecule has 146 valence electrons. The molecule has 0 aromatic heterocycles. The lowest BCUT2D eigenvalue weighted by Crippen LogP contribution is -2.42. The molecule has 4 N–H and O–H groups in total. The second-order valence-corrected chi connectivity index (χ2v) is 7.49. The summed E-state index contributed by atoms with van der Waals surface area (Å²) < 4.78 is 0. The Morgan fingerprint density at radius 1 is 1.20 bits per heavy atom. The Kier molecular flexibility index (Phi) is 11.3. The highest BCUT2D eigenvalue weighted by molar-refractivity contribution is 5.85. The average molecular weight is 355 g/mol. The van der Waals surface area contributed by atoms with Crippen LogP contribution < -0.4 is 16.0 Å². The van der Waals surface area contributed by atoms with Crippen LogP contribution >= 0.6 is 0 Å². The van der Waals surface area contributed by atoms with Crippen LogP contribution in [0.4, 0.5) is 0 Å². The van der Waals surface area contributed by atoms with Crippen LogP contribution in [0.25, 0.3) is 0 Å². The summed E-state index contributed by atoms with van der Waals surface area (Å²) in [5.74, 6) is 1.68. The molecule has 1 rings (SSSR count). The number of hydrogen-bond donors (Lipinski definition) is 4. The normalized spacial score (nSPS) is 17.4. The van der Waals surface area contributed by atoms with Crippen LogP contribution in [0.15, 0.2) is 4.99 Å². The highest BCUT2D eigenvalue weighted by Crippen LogP contribution is 2.17. The van der Waals surface area contributed by atoms with Gasteiger partial charge in [-0.3, -0.25) is 4.79 Å². The molecule has 1 unspecified atom stereocenters. The van der Waals surface area contributed by atoms with Crippen molar-refractivity contribution in [2.45, 2.75) is 71.8 Å². The maximum Gasteiger partial charge on any atom is 0.242 e. The predicted molar refractivity (Wildman–Crippen MR) is 104 cm³/mol. The van der Waals surface area contributed by atoms with Crippen LogP contribution in [0, 0.1) is 11.8 Å². The maximum atomic E-state index is 12.1. The molecule has 1 aliphatic rings. The molecule has 0 spiro atoms. The molecule has 0 radical (unpaired) electrons. The molecular weight excluding hydrogens is 316 g/mol. The molecule has 0 saturated heterocycles. The number of nitrogens with zero attached hydrogens (tertiary/aromatic N) is 1. The number of aliphatic imine (C=N–C) groups is 1. The zero-order chi connectivity index (χ0) is 18.5. The average Bonchev–Trinajstić information content (AvgIpc) is 2.58. The van der Waals surface area contributed by atoms with E-state index in [1.54, 1.807) is 0 Å². The van der Waals surface area contributed by atoms with Crippen LogP contribution in [0.1, 0.15) is 65.7 Å². The smallest absolute Gasteiger partial charge is 0.242 e. The van der Waals surface area contributed by atoms with Crippen LogP contribution in [0.2, 0.25) is 0 Å². The van der Waals surface area contributed by atoms with Gasteiger partial charge in [-0.15, -0.1) is 0 Å². The number of guanidine groups is 1. The Morgan fingerprint density at radius 3 is 2.52 bits per heavy atom. The number of aliphatic hydroxyl groups excluding tert-OH is 1. The van der Waals surface area contributed by atoms with Gasteiger partial charge in [0.1, 0.15) is 6.54 Å². The number of rotatable bonds is 10. The Hall–Kier alpha value is -1.30. The molecule has 6 nitrogen and oxygen atoms in total. The molecule has 0 heterocycles. The van der Waals surface area contributed by atoms with Crippen molar-refractivity contribution in [2.75, 3.05) is 26.2 Å². The minimum atomic E-state index is -0.00167. The Balaban J connectivity index is 2.44. The van der Waals surface area contributed by atoms with Crippen molar-refractivity contribution in [3.05, 3.63) is 0 Å². The summed E-state index contributed by atoms with van der Waals surface area (Å²) in [5.41, 5.74) is 0. The Bertz CT molecular complexity index is 393. The Morgan fingerprint density at radius 2 is 1.92 bits per heavy atom. The van der Waals surface area contributed by atoms with E-state index in [4.69, 9.17) is 0 Å². The molecule has 1 amide bonds. The first-order chi connectivity index (χ1) is 12.0. The van der Waals surface area contributed by atoms with Gasteiger partial charge in [0.05, 0.1) is 0 Å². The van der Waals surface area contributed by atoms with E-state index < -0.39 is 0 Å². The number of carbonyl (C=O) groups is 1. The third-order valence-corrected chi connectivity index (χ3v) is 4.60. The summed E-state index contributed by atoms with van der Waals surface area (Å²) in [7, 11) is 0. The number of amides is 1. The fourth-order valence-electron chi connectivity index (χ4n) is 3.41. The van der Waals surface area contributed by atoms with Crippen molar-refractivity contribution in [3.63, 3.8) is 0 Å². The Labute approximate surface area is 153 Å².